The lowest BCUT2D eigenvalue weighted by atomic mass is 9.92. The van der Waals surface area contributed by atoms with Crippen LogP contribution in [0.15, 0.2) is 30.3 Å². The predicted molar refractivity (Wildman–Crippen MR) is 86.7 cm³/mol. The molecule has 0 aliphatic carbocycles. The summed E-state index contributed by atoms with van der Waals surface area (Å²) in [6, 6.07) is 8.53. The van der Waals surface area contributed by atoms with Crippen molar-refractivity contribution in [2.24, 2.45) is 11.8 Å². The minimum Gasteiger partial charge on any atom is -0.468 e. The minimum absolute atomic E-state index is 0.245. The number of nitrogens with zero attached hydrogens (tertiary/aromatic N) is 1. The molecule has 1 fully saturated rings. The molecular weight excluding hydrogens is 310 g/mol. The third-order valence-electron chi connectivity index (χ3n) is 4.15. The number of benzene rings is 1. The van der Waals surface area contributed by atoms with E-state index < -0.39 is 35.7 Å². The Bertz CT molecular complexity index is 613. The average Bonchev–Trinajstić information content (AvgIpc) is 2.78. The van der Waals surface area contributed by atoms with E-state index in [1.165, 1.54) is 12.0 Å². The number of methoxy groups -OCH3 is 1. The van der Waals surface area contributed by atoms with E-state index in [9.17, 15) is 14.4 Å². The maximum Gasteiger partial charge on any atom is 0.329 e. The van der Waals surface area contributed by atoms with Gasteiger partial charge < -0.3 is 14.4 Å². The van der Waals surface area contributed by atoms with E-state index in [1.54, 1.807) is 20.8 Å². The van der Waals surface area contributed by atoms with E-state index in [1.807, 2.05) is 30.3 Å². The topological polar surface area (TPSA) is 72.9 Å². The molecule has 130 valence electrons. The lowest BCUT2D eigenvalue weighted by Crippen LogP contribution is -2.42. The zero-order chi connectivity index (χ0) is 17.9. The fraction of sp³-hybridized carbons (Fsp3) is 0.500. The van der Waals surface area contributed by atoms with Crippen molar-refractivity contribution in [2.75, 3.05) is 7.11 Å². The first kappa shape index (κ1) is 18.0. The largest absolute Gasteiger partial charge is 0.468 e. The fourth-order valence-electron chi connectivity index (χ4n) is 3.05. The van der Waals surface area contributed by atoms with Crippen LogP contribution >= 0.6 is 0 Å². The van der Waals surface area contributed by atoms with Gasteiger partial charge in [0.15, 0.2) is 0 Å². The number of carbonyl (C=O) groups is 3. The Labute approximate surface area is 141 Å². The van der Waals surface area contributed by atoms with Crippen LogP contribution in [0.4, 0.5) is 0 Å². The number of rotatable bonds is 5. The van der Waals surface area contributed by atoms with Crippen LogP contribution in [0.25, 0.3) is 0 Å². The second kappa shape index (κ2) is 7.47. The van der Waals surface area contributed by atoms with Crippen LogP contribution in [0, 0.1) is 11.8 Å². The first-order chi connectivity index (χ1) is 11.4. The molecule has 1 amide bonds. The highest BCUT2D eigenvalue weighted by Gasteiger charge is 2.53. The second-order valence-electron chi connectivity index (χ2n) is 6.24. The van der Waals surface area contributed by atoms with Crippen molar-refractivity contribution in [3.63, 3.8) is 0 Å². The van der Waals surface area contributed by atoms with E-state index in [0.29, 0.717) is 0 Å². The molecular formula is C18H23NO5. The highest BCUT2D eigenvalue weighted by Crippen LogP contribution is 2.34. The quantitative estimate of drug-likeness (QED) is 0.606. The monoisotopic (exact) mass is 333 g/mol. The van der Waals surface area contributed by atoms with Crippen LogP contribution < -0.4 is 0 Å². The highest BCUT2D eigenvalue weighted by molar-refractivity contribution is 6.03. The molecule has 3 atom stereocenters. The van der Waals surface area contributed by atoms with Gasteiger partial charge in [-0.1, -0.05) is 37.3 Å². The standard InChI is InChI=1S/C18H23NO5/c1-11(2)24-18(22)15-12(3)14(17(21)23-4)16(20)19(15)10-13-8-6-5-7-9-13/h5-9,11-12,14-15H,10H2,1-4H3/t12-,14-,15+/m1/s1. The molecule has 0 radical (unpaired) electrons. The Morgan fingerprint density at radius 1 is 1.17 bits per heavy atom. The van der Waals surface area contributed by atoms with E-state index in [0.717, 1.165) is 5.56 Å². The van der Waals surface area contributed by atoms with Crippen LogP contribution in [0.5, 0.6) is 0 Å². The number of hydrogen-bond acceptors (Lipinski definition) is 5. The Balaban J connectivity index is 2.32. The van der Waals surface area contributed by atoms with Crippen molar-refractivity contribution in [2.45, 2.75) is 39.5 Å². The van der Waals surface area contributed by atoms with E-state index in [4.69, 9.17) is 9.47 Å². The Kier molecular flexibility index (Phi) is 5.59. The molecule has 24 heavy (non-hydrogen) atoms. The number of esters is 2. The Hall–Kier alpha value is -2.37. The van der Waals surface area contributed by atoms with Crippen molar-refractivity contribution in [3.05, 3.63) is 35.9 Å². The van der Waals surface area contributed by atoms with Crippen molar-refractivity contribution >= 4 is 17.8 Å². The second-order valence-corrected chi connectivity index (χ2v) is 6.24. The summed E-state index contributed by atoms with van der Waals surface area (Å²) in [5.74, 6) is -3.01. The third-order valence-corrected chi connectivity index (χ3v) is 4.15. The number of amides is 1. The molecule has 1 aliphatic heterocycles. The molecule has 1 saturated heterocycles. The first-order valence-electron chi connectivity index (χ1n) is 7.99. The molecule has 1 aromatic carbocycles. The normalized spacial score (nSPS) is 23.5. The zero-order valence-electron chi connectivity index (χ0n) is 14.4. The summed E-state index contributed by atoms with van der Waals surface area (Å²) in [7, 11) is 1.24. The van der Waals surface area contributed by atoms with Gasteiger partial charge in [0.2, 0.25) is 5.91 Å². The maximum atomic E-state index is 12.7. The third kappa shape index (κ3) is 3.58. The van der Waals surface area contributed by atoms with Crippen LogP contribution in [0.3, 0.4) is 0 Å². The molecule has 0 saturated carbocycles. The van der Waals surface area contributed by atoms with Crippen LogP contribution in [0.2, 0.25) is 0 Å². The summed E-state index contributed by atoms with van der Waals surface area (Å²) in [5.41, 5.74) is 0.880. The number of hydrogen-bond donors (Lipinski definition) is 0. The zero-order valence-corrected chi connectivity index (χ0v) is 14.4. The Morgan fingerprint density at radius 3 is 2.33 bits per heavy atom. The Morgan fingerprint density at radius 2 is 1.79 bits per heavy atom. The molecule has 6 nitrogen and oxygen atoms in total. The summed E-state index contributed by atoms with van der Waals surface area (Å²) in [6.45, 7) is 5.45. The van der Waals surface area contributed by atoms with Gasteiger partial charge in [0, 0.05) is 12.5 Å². The average molecular weight is 333 g/mol. The van der Waals surface area contributed by atoms with Crippen molar-refractivity contribution < 1.29 is 23.9 Å². The smallest absolute Gasteiger partial charge is 0.329 e. The van der Waals surface area contributed by atoms with E-state index in [2.05, 4.69) is 0 Å². The molecule has 0 N–H and O–H groups in total. The summed E-state index contributed by atoms with van der Waals surface area (Å²) in [4.78, 5) is 38.7. The van der Waals surface area contributed by atoms with Gasteiger partial charge in [0.05, 0.1) is 13.2 Å². The van der Waals surface area contributed by atoms with Crippen LogP contribution in [0.1, 0.15) is 26.3 Å². The van der Waals surface area contributed by atoms with Gasteiger partial charge in [-0.25, -0.2) is 4.79 Å². The van der Waals surface area contributed by atoms with Crippen LogP contribution in [-0.2, 0) is 30.4 Å². The maximum absolute atomic E-state index is 12.7. The lowest BCUT2D eigenvalue weighted by Gasteiger charge is -2.26. The van der Waals surface area contributed by atoms with Gasteiger partial charge in [-0.15, -0.1) is 0 Å². The highest BCUT2D eigenvalue weighted by atomic mass is 16.5. The van der Waals surface area contributed by atoms with E-state index >= 15 is 0 Å². The molecule has 1 aliphatic rings. The number of ether oxygens (including phenoxy) is 2. The molecule has 1 aromatic rings. The van der Waals surface area contributed by atoms with Gasteiger partial charge in [-0.05, 0) is 19.4 Å². The summed E-state index contributed by atoms with van der Waals surface area (Å²) < 4.78 is 10.0. The molecule has 2 rings (SSSR count). The molecule has 0 bridgehead atoms. The minimum atomic E-state index is -0.983. The molecule has 0 unspecified atom stereocenters. The fourth-order valence-corrected chi connectivity index (χ4v) is 3.05. The van der Waals surface area contributed by atoms with Crippen molar-refractivity contribution in [1.82, 2.24) is 4.90 Å². The van der Waals surface area contributed by atoms with Gasteiger partial charge in [-0.3, -0.25) is 9.59 Å². The summed E-state index contributed by atoms with van der Waals surface area (Å²) >= 11 is 0. The van der Waals surface area contributed by atoms with Crippen molar-refractivity contribution in [3.8, 4) is 0 Å². The van der Waals surface area contributed by atoms with Gasteiger partial charge in [0.25, 0.3) is 0 Å². The molecule has 0 aromatic heterocycles. The van der Waals surface area contributed by atoms with Gasteiger partial charge >= 0.3 is 11.9 Å². The molecule has 0 spiro atoms. The SMILES string of the molecule is COC(=O)[C@H]1C(=O)N(Cc2ccccc2)[C@H](C(=O)OC(C)C)[C@@H]1C. The summed E-state index contributed by atoms with van der Waals surface area (Å²) in [6.07, 6.45) is -0.296. The summed E-state index contributed by atoms with van der Waals surface area (Å²) in [5, 5.41) is 0. The molecule has 6 heteroatoms. The molecule has 1 heterocycles. The predicted octanol–water partition coefficient (Wildman–Crippen LogP) is 1.77. The number of likely N-dealkylation sites (tertiary alicyclic amines) is 1. The van der Waals surface area contributed by atoms with Gasteiger partial charge in [0.1, 0.15) is 12.0 Å². The first-order valence-corrected chi connectivity index (χ1v) is 7.99. The lowest BCUT2D eigenvalue weighted by molar-refractivity contribution is -0.157. The van der Waals surface area contributed by atoms with Gasteiger partial charge in [-0.2, -0.15) is 0 Å². The van der Waals surface area contributed by atoms with Crippen molar-refractivity contribution in [1.29, 1.82) is 0 Å². The number of carbonyl (C=O) groups excluding carboxylic acids is 3. The van der Waals surface area contributed by atoms with E-state index in [-0.39, 0.29) is 12.6 Å². The van der Waals surface area contributed by atoms with Crippen LogP contribution in [-0.4, -0.2) is 42.0 Å².